The van der Waals surface area contributed by atoms with Gasteiger partial charge in [-0.3, -0.25) is 9.59 Å². The first-order valence-electron chi connectivity index (χ1n) is 7.26. The molecule has 1 amide bonds. The largest absolute Gasteiger partial charge is 0.378 e. The molecule has 1 heterocycles. The standard InChI is InChI=1S/C15H23NO3/c1-13(2)14(3)4-5-15(13,10-11(14)17)12(18)16-6-8-19-9-7-16/h4-10H2,1-3H3. The van der Waals surface area contributed by atoms with E-state index in [9.17, 15) is 9.59 Å². The number of carbonyl (C=O) groups is 2. The zero-order valence-electron chi connectivity index (χ0n) is 12.1. The molecule has 0 N–H and O–H groups in total. The van der Waals surface area contributed by atoms with E-state index in [0.717, 1.165) is 12.8 Å². The van der Waals surface area contributed by atoms with Crippen LogP contribution in [0.3, 0.4) is 0 Å². The van der Waals surface area contributed by atoms with Crippen LogP contribution in [0.5, 0.6) is 0 Å². The van der Waals surface area contributed by atoms with E-state index in [0.29, 0.717) is 32.7 Å². The molecule has 0 aromatic carbocycles. The first-order chi connectivity index (χ1) is 8.85. The maximum atomic E-state index is 13.0. The van der Waals surface area contributed by atoms with Crippen molar-refractivity contribution >= 4 is 11.7 Å². The van der Waals surface area contributed by atoms with Gasteiger partial charge in [-0.15, -0.1) is 0 Å². The summed E-state index contributed by atoms with van der Waals surface area (Å²) in [4.78, 5) is 27.3. The van der Waals surface area contributed by atoms with Crippen molar-refractivity contribution in [1.29, 1.82) is 0 Å². The molecule has 2 atom stereocenters. The number of ether oxygens (including phenoxy) is 1. The van der Waals surface area contributed by atoms with Gasteiger partial charge in [-0.05, 0) is 18.3 Å². The molecule has 0 aromatic rings. The Labute approximate surface area is 114 Å². The van der Waals surface area contributed by atoms with Crippen LogP contribution in [0.4, 0.5) is 0 Å². The minimum Gasteiger partial charge on any atom is -0.378 e. The molecule has 0 radical (unpaired) electrons. The first kappa shape index (κ1) is 13.1. The lowest BCUT2D eigenvalue weighted by Gasteiger charge is -2.42. The average molecular weight is 265 g/mol. The number of Topliss-reactive ketones (excluding diaryl/α,β-unsaturated/α-hetero) is 1. The number of morpholine rings is 1. The molecule has 2 bridgehead atoms. The first-order valence-corrected chi connectivity index (χ1v) is 7.26. The highest BCUT2D eigenvalue weighted by Crippen LogP contribution is 2.70. The van der Waals surface area contributed by atoms with E-state index in [1.165, 1.54) is 0 Å². The number of rotatable bonds is 1. The zero-order valence-corrected chi connectivity index (χ0v) is 12.1. The van der Waals surface area contributed by atoms with Crippen LogP contribution < -0.4 is 0 Å². The van der Waals surface area contributed by atoms with Gasteiger partial charge in [0.05, 0.1) is 18.6 Å². The molecule has 0 spiro atoms. The molecule has 2 saturated carbocycles. The average Bonchev–Trinajstić information content (AvgIpc) is 2.69. The van der Waals surface area contributed by atoms with Gasteiger partial charge in [0.2, 0.25) is 5.91 Å². The van der Waals surface area contributed by atoms with Gasteiger partial charge in [-0.25, -0.2) is 0 Å². The Bertz CT molecular complexity index is 439. The SMILES string of the molecule is CC12CCC(C(=O)N3CCOCC3)(CC1=O)C2(C)C. The molecule has 3 aliphatic rings. The van der Waals surface area contributed by atoms with Crippen molar-refractivity contribution in [3.8, 4) is 0 Å². The molecule has 3 rings (SSSR count). The fourth-order valence-corrected chi connectivity index (χ4v) is 4.40. The number of carbonyl (C=O) groups excluding carboxylic acids is 2. The van der Waals surface area contributed by atoms with Gasteiger partial charge >= 0.3 is 0 Å². The Morgan fingerprint density at radius 2 is 1.79 bits per heavy atom. The Hall–Kier alpha value is -0.900. The van der Waals surface area contributed by atoms with Crippen LogP contribution in [0.25, 0.3) is 0 Å². The van der Waals surface area contributed by atoms with Crippen molar-refractivity contribution < 1.29 is 14.3 Å². The predicted octanol–water partition coefficient (Wildman–Crippen LogP) is 1.63. The summed E-state index contributed by atoms with van der Waals surface area (Å²) < 4.78 is 5.32. The number of hydrogen-bond acceptors (Lipinski definition) is 3. The van der Waals surface area contributed by atoms with Crippen LogP contribution in [0.15, 0.2) is 0 Å². The van der Waals surface area contributed by atoms with Crippen molar-refractivity contribution in [3.63, 3.8) is 0 Å². The van der Waals surface area contributed by atoms with Gasteiger partial charge in [0, 0.05) is 24.9 Å². The summed E-state index contributed by atoms with van der Waals surface area (Å²) in [6, 6.07) is 0. The van der Waals surface area contributed by atoms with Crippen molar-refractivity contribution in [2.75, 3.05) is 26.3 Å². The summed E-state index contributed by atoms with van der Waals surface area (Å²) in [6.45, 7) is 8.85. The highest BCUT2D eigenvalue weighted by Gasteiger charge is 2.72. The number of ketones is 1. The van der Waals surface area contributed by atoms with Gasteiger partial charge < -0.3 is 9.64 Å². The Morgan fingerprint density at radius 1 is 1.16 bits per heavy atom. The lowest BCUT2D eigenvalue weighted by Crippen LogP contribution is -2.51. The van der Waals surface area contributed by atoms with E-state index >= 15 is 0 Å². The second kappa shape index (κ2) is 3.81. The maximum Gasteiger partial charge on any atom is 0.229 e. The molecular formula is C15H23NO3. The molecule has 0 aromatic heterocycles. The second-order valence-electron chi connectivity index (χ2n) is 7.04. The molecule has 19 heavy (non-hydrogen) atoms. The van der Waals surface area contributed by atoms with Crippen LogP contribution in [-0.4, -0.2) is 42.9 Å². The fourth-order valence-electron chi connectivity index (χ4n) is 4.40. The van der Waals surface area contributed by atoms with E-state index in [4.69, 9.17) is 4.74 Å². The molecule has 2 aliphatic carbocycles. The van der Waals surface area contributed by atoms with E-state index in [1.807, 2.05) is 4.90 Å². The summed E-state index contributed by atoms with van der Waals surface area (Å²) in [5.41, 5.74) is -1.00. The molecule has 2 unspecified atom stereocenters. The third kappa shape index (κ3) is 1.38. The molecule has 4 nitrogen and oxygen atoms in total. The van der Waals surface area contributed by atoms with Gasteiger partial charge in [-0.2, -0.15) is 0 Å². The van der Waals surface area contributed by atoms with E-state index in [1.54, 1.807) is 0 Å². The number of hydrogen-bond donors (Lipinski definition) is 0. The molecule has 1 saturated heterocycles. The number of nitrogens with zero attached hydrogens (tertiary/aromatic N) is 1. The predicted molar refractivity (Wildman–Crippen MR) is 70.6 cm³/mol. The lowest BCUT2D eigenvalue weighted by atomic mass is 9.64. The third-order valence-electron chi connectivity index (χ3n) is 6.41. The Morgan fingerprint density at radius 3 is 2.26 bits per heavy atom. The number of amides is 1. The normalized spacial score (nSPS) is 40.8. The molecule has 3 fully saturated rings. The van der Waals surface area contributed by atoms with E-state index in [-0.39, 0.29) is 22.5 Å². The Balaban J connectivity index is 1.95. The monoisotopic (exact) mass is 265 g/mol. The summed E-state index contributed by atoms with van der Waals surface area (Å²) >= 11 is 0. The smallest absolute Gasteiger partial charge is 0.229 e. The topological polar surface area (TPSA) is 46.6 Å². The Kier molecular flexibility index (Phi) is 2.63. The van der Waals surface area contributed by atoms with Gasteiger partial charge in [-0.1, -0.05) is 20.8 Å². The van der Waals surface area contributed by atoms with Crippen molar-refractivity contribution in [3.05, 3.63) is 0 Å². The van der Waals surface area contributed by atoms with Crippen LogP contribution in [0, 0.1) is 16.2 Å². The minimum absolute atomic E-state index is 0.190. The molecule has 1 aliphatic heterocycles. The maximum absolute atomic E-state index is 13.0. The highest BCUT2D eigenvalue weighted by molar-refractivity contribution is 5.99. The van der Waals surface area contributed by atoms with Crippen molar-refractivity contribution in [2.24, 2.45) is 16.2 Å². The van der Waals surface area contributed by atoms with Crippen LogP contribution >= 0.6 is 0 Å². The zero-order chi connectivity index (χ0) is 13.9. The van der Waals surface area contributed by atoms with Crippen LogP contribution in [0.2, 0.25) is 0 Å². The van der Waals surface area contributed by atoms with Crippen molar-refractivity contribution in [1.82, 2.24) is 4.90 Å². The summed E-state index contributed by atoms with van der Waals surface area (Å²) in [6.07, 6.45) is 2.15. The fraction of sp³-hybridized carbons (Fsp3) is 0.867. The lowest BCUT2D eigenvalue weighted by molar-refractivity contribution is -0.151. The molecule has 4 heteroatoms. The highest BCUT2D eigenvalue weighted by atomic mass is 16.5. The molecule has 106 valence electrons. The summed E-state index contributed by atoms with van der Waals surface area (Å²) in [5, 5.41) is 0. The molecular weight excluding hydrogens is 242 g/mol. The second-order valence-corrected chi connectivity index (χ2v) is 7.04. The van der Waals surface area contributed by atoms with Crippen LogP contribution in [0.1, 0.15) is 40.0 Å². The van der Waals surface area contributed by atoms with Crippen LogP contribution in [-0.2, 0) is 14.3 Å². The summed E-state index contributed by atoms with van der Waals surface area (Å²) in [7, 11) is 0. The minimum atomic E-state index is -0.462. The van der Waals surface area contributed by atoms with Gasteiger partial charge in [0.1, 0.15) is 5.78 Å². The van der Waals surface area contributed by atoms with E-state index in [2.05, 4.69) is 20.8 Å². The van der Waals surface area contributed by atoms with E-state index < -0.39 is 5.41 Å². The van der Waals surface area contributed by atoms with Gasteiger partial charge in [0.25, 0.3) is 0 Å². The quantitative estimate of drug-likeness (QED) is 0.724. The van der Waals surface area contributed by atoms with Gasteiger partial charge in [0.15, 0.2) is 0 Å². The third-order valence-corrected chi connectivity index (χ3v) is 6.41. The summed E-state index contributed by atoms with van der Waals surface area (Å²) in [5.74, 6) is 0.473. The number of fused-ring (bicyclic) bond motifs is 2. The van der Waals surface area contributed by atoms with Crippen molar-refractivity contribution in [2.45, 2.75) is 40.0 Å².